The van der Waals surface area contributed by atoms with Crippen molar-refractivity contribution in [1.82, 2.24) is 15.8 Å². The number of hydrazine groups is 1. The van der Waals surface area contributed by atoms with E-state index in [1.54, 1.807) is 23.1 Å². The second-order valence-corrected chi connectivity index (χ2v) is 7.22. The summed E-state index contributed by atoms with van der Waals surface area (Å²) in [5.74, 6) is 0.931. The van der Waals surface area contributed by atoms with Crippen molar-refractivity contribution < 1.29 is 23.8 Å². The zero-order valence-corrected chi connectivity index (χ0v) is 17.3. The van der Waals surface area contributed by atoms with Crippen LogP contribution in [0, 0.1) is 0 Å². The molecule has 0 aliphatic carbocycles. The predicted octanol–water partition coefficient (Wildman–Crippen LogP) is 3.71. The maximum absolute atomic E-state index is 12.4. The standard InChI is InChI=1S/C24H23N3O5/c28-19-8-6-17(7-9-19)18-12-14-27(15-13-18)24(30)26-25-23(29)22-11-10-21(32-22)16-31-20-4-2-1-3-5-20/h1-12,28H,13-16H2,(H,25,29)(H,26,30). The van der Waals surface area contributed by atoms with Gasteiger partial charge in [0.2, 0.25) is 0 Å². The van der Waals surface area contributed by atoms with Crippen molar-refractivity contribution in [3.05, 3.63) is 89.9 Å². The SMILES string of the molecule is O=C(NNC(=O)N1CC=C(c2ccc(O)cc2)CC1)c1ccc(COc2ccccc2)o1. The molecule has 1 aromatic heterocycles. The lowest BCUT2D eigenvalue weighted by Crippen LogP contribution is -2.49. The first kappa shape index (κ1) is 21.0. The predicted molar refractivity (Wildman–Crippen MR) is 118 cm³/mol. The third-order valence-electron chi connectivity index (χ3n) is 5.03. The van der Waals surface area contributed by atoms with Crippen molar-refractivity contribution in [2.24, 2.45) is 0 Å². The van der Waals surface area contributed by atoms with Crippen LogP contribution in [0.1, 0.15) is 28.3 Å². The zero-order chi connectivity index (χ0) is 22.3. The van der Waals surface area contributed by atoms with Gasteiger partial charge in [-0.05, 0) is 54.0 Å². The molecule has 0 saturated carbocycles. The van der Waals surface area contributed by atoms with Crippen LogP contribution in [0.3, 0.4) is 0 Å². The quantitative estimate of drug-likeness (QED) is 0.532. The molecule has 0 bridgehead atoms. The first-order valence-electron chi connectivity index (χ1n) is 10.2. The van der Waals surface area contributed by atoms with Gasteiger partial charge in [0.15, 0.2) is 5.76 Å². The first-order chi connectivity index (χ1) is 15.6. The lowest BCUT2D eigenvalue weighted by atomic mass is 9.99. The van der Waals surface area contributed by atoms with Gasteiger partial charge in [-0.1, -0.05) is 36.4 Å². The smallest absolute Gasteiger partial charge is 0.336 e. The summed E-state index contributed by atoms with van der Waals surface area (Å²) in [6, 6.07) is 19.0. The number of benzene rings is 2. The molecule has 0 unspecified atom stereocenters. The molecule has 3 aromatic rings. The molecule has 4 rings (SSSR count). The Kier molecular flexibility index (Phi) is 6.41. The highest BCUT2D eigenvalue weighted by Crippen LogP contribution is 2.24. The van der Waals surface area contributed by atoms with Gasteiger partial charge in [-0.3, -0.25) is 10.2 Å². The van der Waals surface area contributed by atoms with E-state index >= 15 is 0 Å². The van der Waals surface area contributed by atoms with Crippen LogP contribution < -0.4 is 15.6 Å². The number of ether oxygens (including phenoxy) is 1. The van der Waals surface area contributed by atoms with Gasteiger partial charge in [0, 0.05) is 13.1 Å². The lowest BCUT2D eigenvalue weighted by Gasteiger charge is -2.26. The van der Waals surface area contributed by atoms with E-state index in [0.717, 1.165) is 11.1 Å². The summed E-state index contributed by atoms with van der Waals surface area (Å²) in [7, 11) is 0. The molecular weight excluding hydrogens is 410 g/mol. The summed E-state index contributed by atoms with van der Waals surface area (Å²) in [4.78, 5) is 26.2. The Bertz CT molecular complexity index is 1110. The third kappa shape index (κ3) is 5.28. The van der Waals surface area contributed by atoms with E-state index in [0.29, 0.717) is 31.0 Å². The molecule has 0 fully saturated rings. The number of rotatable bonds is 5. The van der Waals surface area contributed by atoms with E-state index in [9.17, 15) is 14.7 Å². The Morgan fingerprint density at radius 2 is 1.78 bits per heavy atom. The van der Waals surface area contributed by atoms with E-state index < -0.39 is 11.9 Å². The minimum atomic E-state index is -0.554. The van der Waals surface area contributed by atoms with Gasteiger partial charge in [0.1, 0.15) is 23.9 Å². The summed E-state index contributed by atoms with van der Waals surface area (Å²) in [6.45, 7) is 1.11. The van der Waals surface area contributed by atoms with Crippen LogP contribution in [0.5, 0.6) is 11.5 Å². The van der Waals surface area contributed by atoms with E-state index in [4.69, 9.17) is 9.15 Å². The van der Waals surface area contributed by atoms with Crippen LogP contribution in [0.4, 0.5) is 4.79 Å². The Balaban J connectivity index is 1.24. The number of nitrogens with zero attached hydrogens (tertiary/aromatic N) is 1. The maximum atomic E-state index is 12.4. The van der Waals surface area contributed by atoms with Crippen molar-refractivity contribution >= 4 is 17.5 Å². The first-order valence-corrected chi connectivity index (χ1v) is 10.2. The second-order valence-electron chi connectivity index (χ2n) is 7.22. The Hall–Kier alpha value is -4.20. The molecule has 3 amide bonds. The minimum Gasteiger partial charge on any atom is -0.508 e. The monoisotopic (exact) mass is 433 g/mol. The molecule has 0 radical (unpaired) electrons. The van der Waals surface area contributed by atoms with Crippen molar-refractivity contribution in [3.8, 4) is 11.5 Å². The molecule has 1 aliphatic heterocycles. The maximum Gasteiger partial charge on any atom is 0.336 e. The van der Waals surface area contributed by atoms with Crippen molar-refractivity contribution in [1.29, 1.82) is 0 Å². The number of carbonyl (C=O) groups is 2. The van der Waals surface area contributed by atoms with E-state index in [-0.39, 0.29) is 18.1 Å². The van der Waals surface area contributed by atoms with Crippen LogP contribution in [-0.4, -0.2) is 35.0 Å². The summed E-state index contributed by atoms with van der Waals surface area (Å²) in [5, 5.41) is 9.40. The molecule has 1 aliphatic rings. The number of urea groups is 1. The van der Waals surface area contributed by atoms with Gasteiger partial charge < -0.3 is 19.2 Å². The van der Waals surface area contributed by atoms with Crippen molar-refractivity contribution in [2.45, 2.75) is 13.0 Å². The number of amides is 3. The van der Waals surface area contributed by atoms with E-state index in [1.807, 2.05) is 48.5 Å². The Morgan fingerprint density at radius 1 is 1.00 bits per heavy atom. The zero-order valence-electron chi connectivity index (χ0n) is 17.3. The third-order valence-corrected chi connectivity index (χ3v) is 5.03. The number of carbonyl (C=O) groups excluding carboxylic acids is 2. The molecule has 0 saturated heterocycles. The molecule has 32 heavy (non-hydrogen) atoms. The Labute approximate surface area is 185 Å². The highest BCUT2D eigenvalue weighted by atomic mass is 16.5. The fraction of sp³-hybridized carbons (Fsp3) is 0.167. The number of para-hydroxylation sites is 1. The molecule has 3 N–H and O–H groups in total. The fourth-order valence-corrected chi connectivity index (χ4v) is 3.29. The van der Waals surface area contributed by atoms with E-state index in [1.165, 1.54) is 6.07 Å². The molecule has 0 spiro atoms. The molecule has 2 aromatic carbocycles. The van der Waals surface area contributed by atoms with Crippen molar-refractivity contribution in [3.63, 3.8) is 0 Å². The number of furan rings is 1. The fourth-order valence-electron chi connectivity index (χ4n) is 3.29. The molecule has 8 nitrogen and oxygen atoms in total. The average molecular weight is 433 g/mol. The number of phenolic OH excluding ortho intramolecular Hbond substituents is 1. The number of nitrogens with one attached hydrogen (secondary N) is 2. The molecular formula is C24H23N3O5. The van der Waals surface area contributed by atoms with Crippen LogP contribution >= 0.6 is 0 Å². The second kappa shape index (κ2) is 9.74. The summed E-state index contributed by atoms with van der Waals surface area (Å²) in [5.41, 5.74) is 6.91. The van der Waals surface area contributed by atoms with Crippen molar-refractivity contribution in [2.75, 3.05) is 13.1 Å². The van der Waals surface area contributed by atoms with Crippen LogP contribution in [0.15, 0.2) is 77.2 Å². The van der Waals surface area contributed by atoms with Gasteiger partial charge in [0.25, 0.3) is 0 Å². The Morgan fingerprint density at radius 3 is 2.50 bits per heavy atom. The van der Waals surface area contributed by atoms with E-state index in [2.05, 4.69) is 10.9 Å². The van der Waals surface area contributed by atoms with Crippen LogP contribution in [0.25, 0.3) is 5.57 Å². The minimum absolute atomic E-state index is 0.0742. The summed E-state index contributed by atoms with van der Waals surface area (Å²) < 4.78 is 11.1. The van der Waals surface area contributed by atoms with Crippen LogP contribution in [0.2, 0.25) is 0 Å². The number of aromatic hydroxyl groups is 1. The molecule has 164 valence electrons. The largest absolute Gasteiger partial charge is 0.508 e. The van der Waals surface area contributed by atoms with Gasteiger partial charge >= 0.3 is 11.9 Å². The number of phenols is 1. The van der Waals surface area contributed by atoms with Gasteiger partial charge in [0.05, 0.1) is 0 Å². The summed E-state index contributed by atoms with van der Waals surface area (Å²) in [6.07, 6.45) is 2.64. The average Bonchev–Trinajstić information content (AvgIpc) is 3.31. The summed E-state index contributed by atoms with van der Waals surface area (Å²) >= 11 is 0. The highest BCUT2D eigenvalue weighted by Gasteiger charge is 2.19. The molecule has 2 heterocycles. The topological polar surface area (TPSA) is 104 Å². The number of hydrogen-bond donors (Lipinski definition) is 3. The normalized spacial score (nSPS) is 13.2. The molecule has 0 atom stereocenters. The molecule has 8 heteroatoms. The van der Waals surface area contributed by atoms with Gasteiger partial charge in [-0.25, -0.2) is 10.2 Å². The number of hydrogen-bond acceptors (Lipinski definition) is 5. The van der Waals surface area contributed by atoms with Gasteiger partial charge in [-0.15, -0.1) is 0 Å². The van der Waals surface area contributed by atoms with Crippen LogP contribution in [-0.2, 0) is 6.61 Å². The lowest BCUT2D eigenvalue weighted by molar-refractivity contribution is 0.0898. The highest BCUT2D eigenvalue weighted by molar-refractivity contribution is 5.92. The van der Waals surface area contributed by atoms with Gasteiger partial charge in [-0.2, -0.15) is 0 Å².